The molecule has 0 atom stereocenters. The van der Waals surface area contributed by atoms with Gasteiger partial charge < -0.3 is 5.32 Å². The highest BCUT2D eigenvalue weighted by Crippen LogP contribution is 2.13. The Kier molecular flexibility index (Phi) is 4.74. The van der Waals surface area contributed by atoms with E-state index in [1.807, 2.05) is 13.8 Å². The van der Waals surface area contributed by atoms with Crippen LogP contribution in [-0.2, 0) is 0 Å². The molecule has 16 heavy (non-hydrogen) atoms. The van der Waals surface area contributed by atoms with Crippen LogP contribution in [-0.4, -0.2) is 22.3 Å². The van der Waals surface area contributed by atoms with Crippen molar-refractivity contribution in [2.24, 2.45) is 0 Å². The van der Waals surface area contributed by atoms with E-state index in [0.717, 1.165) is 10.9 Å². The van der Waals surface area contributed by atoms with E-state index < -0.39 is 0 Å². The van der Waals surface area contributed by atoms with Crippen LogP contribution in [0.3, 0.4) is 0 Å². The van der Waals surface area contributed by atoms with Crippen LogP contribution in [0, 0.1) is 0 Å². The van der Waals surface area contributed by atoms with Gasteiger partial charge in [-0.1, -0.05) is 0 Å². The number of aromatic nitrogens is 1. The predicted molar refractivity (Wildman–Crippen MR) is 68.8 cm³/mol. The van der Waals surface area contributed by atoms with Gasteiger partial charge in [0.2, 0.25) is 0 Å². The third-order valence-electron chi connectivity index (χ3n) is 2.14. The molecule has 3 nitrogen and oxygen atoms in total. The van der Waals surface area contributed by atoms with Crippen molar-refractivity contribution < 1.29 is 4.79 Å². The summed E-state index contributed by atoms with van der Waals surface area (Å²) in [5.74, 6) is 0.383. The van der Waals surface area contributed by atoms with Crippen LogP contribution in [0.25, 0.3) is 0 Å². The number of hydrogen-bond acceptors (Lipinski definition) is 2. The molecule has 0 aliphatic carbocycles. The number of nitrogens with one attached hydrogen (secondary N) is 1. The van der Waals surface area contributed by atoms with Crippen LogP contribution in [0.5, 0.6) is 0 Å². The maximum Gasteiger partial charge on any atom is 0.253 e. The van der Waals surface area contributed by atoms with E-state index >= 15 is 0 Å². The molecule has 0 fully saturated rings. The van der Waals surface area contributed by atoms with Crippen LogP contribution >= 0.6 is 27.5 Å². The Hall–Kier alpha value is -0.610. The standard InChI is InChI=1S/C11H14BrClN2O/c1-11(2,3-4-13)15-10(16)8-5-9(12)7-14-6-8/h5-7H,3-4H2,1-2H3,(H,15,16). The Labute approximate surface area is 109 Å². The van der Waals surface area contributed by atoms with Gasteiger partial charge in [-0.3, -0.25) is 9.78 Å². The zero-order valence-electron chi connectivity index (χ0n) is 9.26. The second kappa shape index (κ2) is 5.64. The molecule has 1 rings (SSSR count). The number of carbonyl (C=O) groups is 1. The summed E-state index contributed by atoms with van der Waals surface area (Å²) in [6.07, 6.45) is 3.90. The zero-order chi connectivity index (χ0) is 12.2. The Balaban J connectivity index is 2.72. The van der Waals surface area contributed by atoms with E-state index in [2.05, 4.69) is 26.2 Å². The van der Waals surface area contributed by atoms with Gasteiger partial charge in [-0.15, -0.1) is 11.6 Å². The van der Waals surface area contributed by atoms with Crippen molar-refractivity contribution >= 4 is 33.4 Å². The van der Waals surface area contributed by atoms with Gasteiger partial charge in [-0.25, -0.2) is 0 Å². The number of amides is 1. The summed E-state index contributed by atoms with van der Waals surface area (Å²) >= 11 is 8.95. The molecule has 0 spiro atoms. The van der Waals surface area contributed by atoms with Crippen molar-refractivity contribution in [2.45, 2.75) is 25.8 Å². The van der Waals surface area contributed by atoms with Gasteiger partial charge in [0.05, 0.1) is 5.56 Å². The molecule has 0 saturated heterocycles. The number of alkyl halides is 1. The van der Waals surface area contributed by atoms with Crippen LogP contribution in [0.2, 0.25) is 0 Å². The van der Waals surface area contributed by atoms with Gasteiger partial charge in [0, 0.05) is 28.3 Å². The van der Waals surface area contributed by atoms with Crippen LogP contribution in [0.1, 0.15) is 30.6 Å². The maximum atomic E-state index is 11.9. The van der Waals surface area contributed by atoms with Crippen molar-refractivity contribution in [2.75, 3.05) is 5.88 Å². The molecule has 5 heteroatoms. The second-order valence-electron chi connectivity index (χ2n) is 4.17. The van der Waals surface area contributed by atoms with Crippen LogP contribution in [0.15, 0.2) is 22.9 Å². The summed E-state index contributed by atoms with van der Waals surface area (Å²) in [6.45, 7) is 3.89. The molecule has 1 aromatic heterocycles. The average Bonchev–Trinajstić information content (AvgIpc) is 2.16. The molecular weight excluding hydrogens is 291 g/mol. The fourth-order valence-electron chi connectivity index (χ4n) is 1.21. The molecule has 0 aliphatic rings. The summed E-state index contributed by atoms with van der Waals surface area (Å²) < 4.78 is 0.787. The minimum Gasteiger partial charge on any atom is -0.347 e. The molecule has 0 unspecified atom stereocenters. The molecular formula is C11H14BrClN2O. The smallest absolute Gasteiger partial charge is 0.253 e. The lowest BCUT2D eigenvalue weighted by Gasteiger charge is -2.25. The molecule has 0 aliphatic heterocycles. The Morgan fingerprint density at radius 3 is 2.81 bits per heavy atom. The largest absolute Gasteiger partial charge is 0.347 e. The maximum absolute atomic E-state index is 11.9. The third kappa shape index (κ3) is 4.10. The quantitative estimate of drug-likeness (QED) is 0.869. The summed E-state index contributed by atoms with van der Waals surface area (Å²) in [5.41, 5.74) is 0.234. The monoisotopic (exact) mass is 304 g/mol. The van der Waals surface area contributed by atoms with Gasteiger partial charge in [-0.2, -0.15) is 0 Å². The lowest BCUT2D eigenvalue weighted by molar-refractivity contribution is 0.0911. The van der Waals surface area contributed by atoms with Crippen molar-refractivity contribution in [1.29, 1.82) is 0 Å². The van der Waals surface area contributed by atoms with E-state index in [-0.39, 0.29) is 11.4 Å². The first kappa shape index (κ1) is 13.5. The molecule has 0 radical (unpaired) electrons. The molecule has 0 bridgehead atoms. The average molecular weight is 306 g/mol. The third-order valence-corrected chi connectivity index (χ3v) is 2.76. The van der Waals surface area contributed by atoms with E-state index in [4.69, 9.17) is 11.6 Å². The van der Waals surface area contributed by atoms with Crippen LogP contribution in [0.4, 0.5) is 0 Å². The number of hydrogen-bond donors (Lipinski definition) is 1. The summed E-state index contributed by atoms with van der Waals surface area (Å²) in [6, 6.07) is 1.74. The zero-order valence-corrected chi connectivity index (χ0v) is 11.6. The van der Waals surface area contributed by atoms with Crippen molar-refractivity contribution in [3.8, 4) is 0 Å². The van der Waals surface area contributed by atoms with E-state index in [9.17, 15) is 4.79 Å². The Morgan fingerprint density at radius 1 is 1.56 bits per heavy atom. The molecule has 1 N–H and O–H groups in total. The predicted octanol–water partition coefficient (Wildman–Crippen LogP) is 2.98. The minimum atomic E-state index is -0.304. The SMILES string of the molecule is CC(C)(CCCl)NC(=O)c1cncc(Br)c1. The first-order valence-corrected chi connectivity index (χ1v) is 6.26. The number of rotatable bonds is 4. The molecule has 1 heterocycles. The van der Waals surface area contributed by atoms with Gasteiger partial charge in [0.15, 0.2) is 0 Å². The van der Waals surface area contributed by atoms with Crippen molar-refractivity contribution in [1.82, 2.24) is 10.3 Å². The molecule has 1 amide bonds. The highest BCUT2D eigenvalue weighted by atomic mass is 79.9. The molecule has 1 aromatic rings. The number of carbonyl (C=O) groups excluding carboxylic acids is 1. The summed E-state index contributed by atoms with van der Waals surface area (Å²) in [4.78, 5) is 15.8. The summed E-state index contributed by atoms with van der Waals surface area (Å²) in [5, 5.41) is 2.92. The van der Waals surface area contributed by atoms with Gasteiger partial charge in [-0.05, 0) is 42.3 Å². The molecule has 0 saturated carbocycles. The molecule has 88 valence electrons. The number of halogens is 2. The summed E-state index contributed by atoms with van der Waals surface area (Å²) in [7, 11) is 0. The topological polar surface area (TPSA) is 42.0 Å². The Morgan fingerprint density at radius 2 is 2.25 bits per heavy atom. The van der Waals surface area contributed by atoms with Gasteiger partial charge in [0.25, 0.3) is 5.91 Å². The van der Waals surface area contributed by atoms with Crippen LogP contribution < -0.4 is 5.32 Å². The Bertz CT molecular complexity index is 382. The number of pyridine rings is 1. The van der Waals surface area contributed by atoms with Gasteiger partial charge in [0.1, 0.15) is 0 Å². The van der Waals surface area contributed by atoms with E-state index in [1.54, 1.807) is 12.3 Å². The second-order valence-corrected chi connectivity index (χ2v) is 5.46. The first-order chi connectivity index (χ1) is 7.44. The highest BCUT2D eigenvalue weighted by Gasteiger charge is 2.20. The van der Waals surface area contributed by atoms with E-state index in [1.165, 1.54) is 6.20 Å². The minimum absolute atomic E-state index is 0.135. The molecule has 0 aromatic carbocycles. The fourth-order valence-corrected chi connectivity index (χ4v) is 2.05. The highest BCUT2D eigenvalue weighted by molar-refractivity contribution is 9.10. The van der Waals surface area contributed by atoms with Crippen molar-refractivity contribution in [3.63, 3.8) is 0 Å². The first-order valence-electron chi connectivity index (χ1n) is 4.94. The normalized spacial score (nSPS) is 11.2. The van der Waals surface area contributed by atoms with E-state index in [0.29, 0.717) is 11.4 Å². The van der Waals surface area contributed by atoms with Crippen molar-refractivity contribution in [3.05, 3.63) is 28.5 Å². The lowest BCUT2D eigenvalue weighted by atomic mass is 10.0. The lowest BCUT2D eigenvalue weighted by Crippen LogP contribution is -2.43. The fraction of sp³-hybridized carbons (Fsp3) is 0.455. The number of nitrogens with zero attached hydrogens (tertiary/aromatic N) is 1. The van der Waals surface area contributed by atoms with Gasteiger partial charge >= 0.3 is 0 Å².